The Balaban J connectivity index is 2.03. The third-order valence-electron chi connectivity index (χ3n) is 4.41. The zero-order valence-corrected chi connectivity index (χ0v) is 9.39. The summed E-state index contributed by atoms with van der Waals surface area (Å²) in [5, 5.41) is 0. The first-order valence-electron chi connectivity index (χ1n) is 6.17. The van der Waals surface area contributed by atoms with Crippen LogP contribution in [0, 0.1) is 11.3 Å². The van der Waals surface area contributed by atoms with Gasteiger partial charge in [0.1, 0.15) is 0 Å². The maximum atomic E-state index is 6.06. The molecule has 0 aromatic rings. The second-order valence-electron chi connectivity index (χ2n) is 5.29. The van der Waals surface area contributed by atoms with Crippen LogP contribution in [0.25, 0.3) is 0 Å². The molecule has 0 aromatic heterocycles. The highest BCUT2D eigenvalue weighted by atomic mass is 14.6. The van der Waals surface area contributed by atoms with E-state index in [9.17, 15) is 0 Å². The Kier molecular flexibility index (Phi) is 2.85. The molecular weight excluding hydrogens is 170 g/mol. The second kappa shape index (κ2) is 3.96. The third kappa shape index (κ3) is 1.82. The molecule has 2 saturated carbocycles. The molecule has 0 radical (unpaired) electrons. The number of hydrogen-bond donors (Lipinski definition) is 1. The van der Waals surface area contributed by atoms with Crippen LogP contribution in [0.3, 0.4) is 0 Å². The topological polar surface area (TPSA) is 26.0 Å². The Morgan fingerprint density at radius 3 is 2.50 bits per heavy atom. The molecule has 14 heavy (non-hydrogen) atoms. The van der Waals surface area contributed by atoms with E-state index in [1.807, 2.05) is 0 Å². The molecule has 1 unspecified atom stereocenters. The minimum Gasteiger partial charge on any atom is -0.402 e. The van der Waals surface area contributed by atoms with E-state index in [4.69, 9.17) is 5.73 Å². The molecule has 0 saturated heterocycles. The average molecular weight is 193 g/mol. The number of nitrogens with two attached hydrogens (primary N) is 1. The monoisotopic (exact) mass is 193 g/mol. The molecule has 1 atom stereocenters. The smallest absolute Gasteiger partial charge is 0.00688 e. The van der Waals surface area contributed by atoms with Crippen molar-refractivity contribution in [2.24, 2.45) is 17.1 Å². The Morgan fingerprint density at radius 2 is 1.86 bits per heavy atom. The van der Waals surface area contributed by atoms with Crippen LogP contribution in [-0.2, 0) is 0 Å². The van der Waals surface area contributed by atoms with Gasteiger partial charge in [0.25, 0.3) is 0 Å². The fourth-order valence-corrected chi connectivity index (χ4v) is 3.55. The first-order chi connectivity index (χ1) is 6.76. The Labute approximate surface area is 87.8 Å². The Morgan fingerprint density at radius 1 is 1.21 bits per heavy atom. The van der Waals surface area contributed by atoms with Crippen molar-refractivity contribution in [3.8, 4) is 0 Å². The van der Waals surface area contributed by atoms with Crippen molar-refractivity contribution in [1.29, 1.82) is 0 Å². The number of rotatable bonds is 1. The van der Waals surface area contributed by atoms with Crippen molar-refractivity contribution in [3.05, 3.63) is 11.8 Å². The fraction of sp³-hybridized carbons (Fsp3) is 0.846. The highest BCUT2D eigenvalue weighted by molar-refractivity contribution is 5.05. The van der Waals surface area contributed by atoms with Gasteiger partial charge in [0.05, 0.1) is 0 Å². The molecule has 2 aliphatic rings. The van der Waals surface area contributed by atoms with E-state index in [1.165, 1.54) is 51.4 Å². The van der Waals surface area contributed by atoms with Gasteiger partial charge in [-0.15, -0.1) is 0 Å². The highest BCUT2D eigenvalue weighted by Crippen LogP contribution is 2.51. The minimum atomic E-state index is 0.701. The van der Waals surface area contributed by atoms with Gasteiger partial charge >= 0.3 is 0 Å². The SMILES string of the molecule is C/C=C(\N)C1CCCC2(CCCC2)C1. The molecule has 1 spiro atoms. The van der Waals surface area contributed by atoms with Gasteiger partial charge in [-0.1, -0.05) is 25.3 Å². The summed E-state index contributed by atoms with van der Waals surface area (Å²) in [6, 6.07) is 0. The van der Waals surface area contributed by atoms with Crippen LogP contribution in [0.4, 0.5) is 0 Å². The minimum absolute atomic E-state index is 0.701. The lowest BCUT2D eigenvalue weighted by Gasteiger charge is -2.38. The van der Waals surface area contributed by atoms with Crippen LogP contribution < -0.4 is 5.73 Å². The maximum absolute atomic E-state index is 6.06. The van der Waals surface area contributed by atoms with Gasteiger partial charge in [-0.2, -0.15) is 0 Å². The van der Waals surface area contributed by atoms with Gasteiger partial charge in [0.2, 0.25) is 0 Å². The molecule has 0 amide bonds. The Bertz CT molecular complexity index is 223. The highest BCUT2D eigenvalue weighted by Gasteiger charge is 2.38. The van der Waals surface area contributed by atoms with Crippen LogP contribution in [0.2, 0.25) is 0 Å². The summed E-state index contributed by atoms with van der Waals surface area (Å²) in [6.07, 6.45) is 13.6. The van der Waals surface area contributed by atoms with Gasteiger partial charge in [-0.3, -0.25) is 0 Å². The predicted octanol–water partition coefficient (Wildman–Crippen LogP) is 3.60. The lowest BCUT2D eigenvalue weighted by atomic mass is 9.68. The van der Waals surface area contributed by atoms with Crippen molar-refractivity contribution in [3.63, 3.8) is 0 Å². The van der Waals surface area contributed by atoms with E-state index >= 15 is 0 Å². The molecule has 0 bridgehead atoms. The average Bonchev–Trinajstić information content (AvgIpc) is 2.65. The largest absolute Gasteiger partial charge is 0.402 e. The van der Waals surface area contributed by atoms with Crippen molar-refractivity contribution in [1.82, 2.24) is 0 Å². The Hall–Kier alpha value is -0.460. The fourth-order valence-electron chi connectivity index (χ4n) is 3.55. The predicted molar refractivity (Wildman–Crippen MR) is 60.8 cm³/mol. The van der Waals surface area contributed by atoms with E-state index in [0.717, 1.165) is 5.70 Å². The van der Waals surface area contributed by atoms with Crippen LogP contribution >= 0.6 is 0 Å². The summed E-state index contributed by atoms with van der Waals surface area (Å²) in [4.78, 5) is 0. The molecule has 0 aromatic carbocycles. The van der Waals surface area contributed by atoms with Gasteiger partial charge in [0.15, 0.2) is 0 Å². The second-order valence-corrected chi connectivity index (χ2v) is 5.29. The summed E-state index contributed by atoms with van der Waals surface area (Å²) in [6.45, 7) is 2.07. The first kappa shape index (κ1) is 10.1. The zero-order valence-electron chi connectivity index (χ0n) is 9.39. The number of hydrogen-bond acceptors (Lipinski definition) is 1. The van der Waals surface area contributed by atoms with E-state index in [2.05, 4.69) is 13.0 Å². The summed E-state index contributed by atoms with van der Waals surface area (Å²) < 4.78 is 0. The van der Waals surface area contributed by atoms with Gasteiger partial charge in [-0.05, 0) is 50.4 Å². The van der Waals surface area contributed by atoms with Gasteiger partial charge in [0, 0.05) is 5.70 Å². The zero-order chi connectivity index (χ0) is 10.0. The molecule has 2 fully saturated rings. The molecule has 0 aliphatic heterocycles. The van der Waals surface area contributed by atoms with Crippen molar-refractivity contribution in [2.45, 2.75) is 58.3 Å². The summed E-state index contributed by atoms with van der Waals surface area (Å²) in [5.41, 5.74) is 7.91. The summed E-state index contributed by atoms with van der Waals surface area (Å²) in [5.74, 6) is 0.701. The van der Waals surface area contributed by atoms with Crippen molar-refractivity contribution in [2.75, 3.05) is 0 Å². The van der Waals surface area contributed by atoms with Crippen LogP contribution in [0.1, 0.15) is 58.3 Å². The molecule has 80 valence electrons. The molecule has 2 aliphatic carbocycles. The third-order valence-corrected chi connectivity index (χ3v) is 4.41. The van der Waals surface area contributed by atoms with E-state index in [-0.39, 0.29) is 0 Å². The quantitative estimate of drug-likeness (QED) is 0.676. The van der Waals surface area contributed by atoms with Crippen LogP contribution in [0.15, 0.2) is 11.8 Å². The van der Waals surface area contributed by atoms with E-state index in [0.29, 0.717) is 11.3 Å². The van der Waals surface area contributed by atoms with Gasteiger partial charge < -0.3 is 5.73 Å². The molecule has 0 heterocycles. The number of allylic oxidation sites excluding steroid dienone is 2. The maximum Gasteiger partial charge on any atom is 0.00688 e. The van der Waals surface area contributed by atoms with E-state index in [1.54, 1.807) is 0 Å². The van der Waals surface area contributed by atoms with Crippen molar-refractivity contribution < 1.29 is 0 Å². The lowest BCUT2D eigenvalue weighted by Crippen LogP contribution is -2.28. The van der Waals surface area contributed by atoms with Crippen molar-refractivity contribution >= 4 is 0 Å². The summed E-state index contributed by atoms with van der Waals surface area (Å²) in [7, 11) is 0. The normalized spacial score (nSPS) is 32.4. The van der Waals surface area contributed by atoms with E-state index < -0.39 is 0 Å². The first-order valence-corrected chi connectivity index (χ1v) is 6.17. The molecule has 1 heteroatoms. The molecule has 1 nitrogen and oxygen atoms in total. The molecule has 2 N–H and O–H groups in total. The summed E-state index contributed by atoms with van der Waals surface area (Å²) >= 11 is 0. The van der Waals surface area contributed by atoms with Crippen LogP contribution in [-0.4, -0.2) is 0 Å². The molecule has 2 rings (SSSR count). The lowest BCUT2D eigenvalue weighted by molar-refractivity contribution is 0.159. The standard InChI is InChI=1S/C13H23N/c1-2-12(14)11-6-5-9-13(10-11)7-3-4-8-13/h2,11H,3-10,14H2,1H3/b12-2-. The van der Waals surface area contributed by atoms with Crippen LogP contribution in [0.5, 0.6) is 0 Å². The van der Waals surface area contributed by atoms with Gasteiger partial charge in [-0.25, -0.2) is 0 Å². The molecular formula is C13H23N.